The molecule has 1 unspecified atom stereocenters. The van der Waals surface area contributed by atoms with Crippen molar-refractivity contribution in [3.05, 3.63) is 6.33 Å². The molecule has 6 nitrogen and oxygen atoms in total. The van der Waals surface area contributed by atoms with E-state index in [-0.39, 0.29) is 0 Å². The highest BCUT2D eigenvalue weighted by atomic mass is 16.5. The van der Waals surface area contributed by atoms with E-state index in [9.17, 15) is 5.11 Å². The van der Waals surface area contributed by atoms with Crippen molar-refractivity contribution in [2.75, 3.05) is 37.0 Å². The van der Waals surface area contributed by atoms with Crippen molar-refractivity contribution in [1.29, 1.82) is 0 Å². The van der Waals surface area contributed by atoms with E-state index in [1.165, 1.54) is 6.33 Å². The summed E-state index contributed by atoms with van der Waals surface area (Å²) in [5.41, 5.74) is -0.674. The van der Waals surface area contributed by atoms with Gasteiger partial charge in [-0.05, 0) is 26.7 Å². The summed E-state index contributed by atoms with van der Waals surface area (Å²) in [6.45, 7) is 6.07. The minimum atomic E-state index is -0.674. The molecule has 19 heavy (non-hydrogen) atoms. The lowest BCUT2D eigenvalue weighted by Crippen LogP contribution is -2.46. The first kappa shape index (κ1) is 13.9. The summed E-state index contributed by atoms with van der Waals surface area (Å²) in [6, 6.07) is 0. The summed E-state index contributed by atoms with van der Waals surface area (Å²) in [4.78, 5) is 10.6. The predicted molar refractivity (Wildman–Crippen MR) is 74.8 cm³/mol. The number of aromatic nitrogens is 2. The number of rotatable bonds is 4. The number of methoxy groups -OCH3 is 1. The van der Waals surface area contributed by atoms with Crippen molar-refractivity contribution in [3.8, 4) is 5.75 Å². The van der Waals surface area contributed by atoms with Crippen LogP contribution in [0.1, 0.15) is 26.7 Å². The minimum absolute atomic E-state index is 0.561. The Hall–Kier alpha value is -1.56. The standard InChI is InChI=1S/C13H22N4O2/c1-4-14-11-10(19-3)12(16-9-15-11)17-7-5-6-13(2,18)8-17/h9,18H,4-8H2,1-3H3,(H,14,15,16). The lowest BCUT2D eigenvalue weighted by atomic mass is 9.95. The van der Waals surface area contributed by atoms with Gasteiger partial charge in [0, 0.05) is 19.6 Å². The number of aliphatic hydroxyl groups is 1. The quantitative estimate of drug-likeness (QED) is 0.855. The van der Waals surface area contributed by atoms with Gasteiger partial charge >= 0.3 is 0 Å². The maximum Gasteiger partial charge on any atom is 0.204 e. The summed E-state index contributed by atoms with van der Waals surface area (Å²) in [6.07, 6.45) is 3.28. The summed E-state index contributed by atoms with van der Waals surface area (Å²) in [7, 11) is 1.62. The average Bonchev–Trinajstić information content (AvgIpc) is 2.37. The molecule has 1 aromatic heterocycles. The van der Waals surface area contributed by atoms with Gasteiger partial charge in [-0.2, -0.15) is 0 Å². The van der Waals surface area contributed by atoms with Crippen LogP contribution in [0, 0.1) is 0 Å². The fraction of sp³-hybridized carbons (Fsp3) is 0.692. The molecule has 0 aliphatic carbocycles. The van der Waals surface area contributed by atoms with Crippen LogP contribution in [0.25, 0.3) is 0 Å². The van der Waals surface area contributed by atoms with Crippen LogP contribution in [0.3, 0.4) is 0 Å². The highest BCUT2D eigenvalue weighted by Gasteiger charge is 2.31. The second kappa shape index (κ2) is 5.61. The first-order chi connectivity index (χ1) is 9.07. The van der Waals surface area contributed by atoms with Crippen molar-refractivity contribution in [2.45, 2.75) is 32.3 Å². The molecule has 1 aliphatic heterocycles. The minimum Gasteiger partial charge on any atom is -0.490 e. The molecule has 1 aromatic rings. The van der Waals surface area contributed by atoms with Gasteiger partial charge in [-0.25, -0.2) is 9.97 Å². The largest absolute Gasteiger partial charge is 0.490 e. The van der Waals surface area contributed by atoms with Crippen molar-refractivity contribution in [1.82, 2.24) is 9.97 Å². The molecular formula is C13H22N4O2. The zero-order valence-corrected chi connectivity index (χ0v) is 11.8. The molecule has 1 fully saturated rings. The van der Waals surface area contributed by atoms with Gasteiger partial charge in [0.2, 0.25) is 5.75 Å². The van der Waals surface area contributed by atoms with Crippen LogP contribution in [0.2, 0.25) is 0 Å². The second-order valence-corrected chi connectivity index (χ2v) is 5.13. The molecule has 0 saturated carbocycles. The zero-order valence-electron chi connectivity index (χ0n) is 11.8. The number of anilines is 2. The van der Waals surface area contributed by atoms with E-state index in [0.29, 0.717) is 18.1 Å². The van der Waals surface area contributed by atoms with Crippen LogP contribution in [0.5, 0.6) is 5.75 Å². The molecule has 2 N–H and O–H groups in total. The fourth-order valence-corrected chi connectivity index (χ4v) is 2.47. The van der Waals surface area contributed by atoms with Gasteiger partial charge < -0.3 is 20.1 Å². The number of ether oxygens (including phenoxy) is 1. The number of nitrogens with one attached hydrogen (secondary N) is 1. The summed E-state index contributed by atoms with van der Waals surface area (Å²) >= 11 is 0. The molecular weight excluding hydrogens is 244 g/mol. The van der Waals surface area contributed by atoms with E-state index >= 15 is 0 Å². The Kier molecular flexibility index (Phi) is 4.09. The molecule has 2 heterocycles. The van der Waals surface area contributed by atoms with E-state index in [0.717, 1.165) is 31.7 Å². The van der Waals surface area contributed by atoms with Gasteiger partial charge in [0.05, 0.1) is 12.7 Å². The summed E-state index contributed by atoms with van der Waals surface area (Å²) < 4.78 is 5.44. The third kappa shape index (κ3) is 3.07. The molecule has 0 radical (unpaired) electrons. The molecule has 1 aliphatic rings. The smallest absolute Gasteiger partial charge is 0.204 e. The van der Waals surface area contributed by atoms with E-state index in [1.54, 1.807) is 7.11 Å². The number of nitrogens with zero attached hydrogens (tertiary/aromatic N) is 3. The summed E-state index contributed by atoms with van der Waals surface area (Å²) in [5, 5.41) is 13.4. The van der Waals surface area contributed by atoms with E-state index in [4.69, 9.17) is 4.74 Å². The Morgan fingerprint density at radius 3 is 2.95 bits per heavy atom. The van der Waals surface area contributed by atoms with Gasteiger partial charge in [0.15, 0.2) is 11.6 Å². The van der Waals surface area contributed by atoms with E-state index in [2.05, 4.69) is 20.2 Å². The molecule has 0 aromatic carbocycles. The number of hydrogen-bond acceptors (Lipinski definition) is 6. The van der Waals surface area contributed by atoms with Crippen LogP contribution in [0.4, 0.5) is 11.6 Å². The summed E-state index contributed by atoms with van der Waals surface area (Å²) in [5.74, 6) is 2.08. The number of β-amino-alcohol motifs (C(OH)–C–C–N with tert-alkyl or cyclic N) is 1. The molecule has 1 atom stereocenters. The molecule has 0 amide bonds. The predicted octanol–water partition coefficient (Wildman–Crippen LogP) is 1.27. The van der Waals surface area contributed by atoms with Gasteiger partial charge in [-0.1, -0.05) is 0 Å². The zero-order chi connectivity index (χ0) is 13.9. The number of hydrogen-bond donors (Lipinski definition) is 2. The molecule has 1 saturated heterocycles. The molecule has 2 rings (SSSR count). The Bertz CT molecular complexity index is 437. The Balaban J connectivity index is 2.30. The Morgan fingerprint density at radius 1 is 1.53 bits per heavy atom. The highest BCUT2D eigenvalue weighted by Crippen LogP contribution is 2.34. The molecule has 0 spiro atoms. The van der Waals surface area contributed by atoms with E-state index in [1.807, 2.05) is 13.8 Å². The Morgan fingerprint density at radius 2 is 2.32 bits per heavy atom. The van der Waals surface area contributed by atoms with Crippen molar-refractivity contribution in [3.63, 3.8) is 0 Å². The van der Waals surface area contributed by atoms with Gasteiger partial charge in [0.1, 0.15) is 6.33 Å². The lowest BCUT2D eigenvalue weighted by molar-refractivity contribution is 0.0446. The van der Waals surface area contributed by atoms with Crippen LogP contribution in [-0.4, -0.2) is 47.4 Å². The maximum atomic E-state index is 10.2. The van der Waals surface area contributed by atoms with Crippen molar-refractivity contribution in [2.24, 2.45) is 0 Å². The van der Waals surface area contributed by atoms with Crippen LogP contribution in [0.15, 0.2) is 6.33 Å². The van der Waals surface area contributed by atoms with Gasteiger partial charge in [-0.3, -0.25) is 0 Å². The lowest BCUT2D eigenvalue weighted by Gasteiger charge is -2.38. The topological polar surface area (TPSA) is 70.5 Å². The third-order valence-corrected chi connectivity index (χ3v) is 3.31. The molecule has 106 valence electrons. The van der Waals surface area contributed by atoms with Crippen LogP contribution in [-0.2, 0) is 0 Å². The molecule has 6 heteroatoms. The first-order valence-electron chi connectivity index (χ1n) is 6.67. The van der Waals surface area contributed by atoms with Crippen LogP contribution >= 0.6 is 0 Å². The first-order valence-corrected chi connectivity index (χ1v) is 6.67. The van der Waals surface area contributed by atoms with E-state index < -0.39 is 5.60 Å². The fourth-order valence-electron chi connectivity index (χ4n) is 2.47. The average molecular weight is 266 g/mol. The Labute approximate surface area is 113 Å². The second-order valence-electron chi connectivity index (χ2n) is 5.13. The third-order valence-electron chi connectivity index (χ3n) is 3.31. The molecule has 0 bridgehead atoms. The van der Waals surface area contributed by atoms with Gasteiger partial charge in [0.25, 0.3) is 0 Å². The highest BCUT2D eigenvalue weighted by molar-refractivity contribution is 5.65. The SMILES string of the molecule is CCNc1ncnc(N2CCCC(C)(O)C2)c1OC. The normalized spacial score (nSPS) is 23.3. The maximum absolute atomic E-state index is 10.2. The van der Waals surface area contributed by atoms with Crippen LogP contribution < -0.4 is 15.0 Å². The van der Waals surface area contributed by atoms with Gasteiger partial charge in [-0.15, -0.1) is 0 Å². The van der Waals surface area contributed by atoms with Crippen molar-refractivity contribution >= 4 is 11.6 Å². The number of piperidine rings is 1. The van der Waals surface area contributed by atoms with Crippen molar-refractivity contribution < 1.29 is 9.84 Å². The monoisotopic (exact) mass is 266 g/mol.